The average Bonchev–Trinajstić information content (AvgIpc) is 3.45. The Bertz CT molecular complexity index is 1010. The Morgan fingerprint density at radius 3 is 2.68 bits per heavy atom. The molecular formula is C18H19N5O5. The van der Waals surface area contributed by atoms with Gasteiger partial charge in [0, 0.05) is 43.2 Å². The van der Waals surface area contributed by atoms with Crippen LogP contribution in [0.3, 0.4) is 0 Å². The number of nitro benzene ring substituents is 2. The summed E-state index contributed by atoms with van der Waals surface area (Å²) >= 11 is 0. The minimum Gasteiger partial charge on any atom is -0.310 e. The van der Waals surface area contributed by atoms with Gasteiger partial charge in [0.25, 0.3) is 16.9 Å². The van der Waals surface area contributed by atoms with E-state index in [1.807, 2.05) is 4.90 Å². The lowest BCUT2D eigenvalue weighted by Gasteiger charge is -2.27. The smallest absolute Gasteiger partial charge is 0.280 e. The van der Waals surface area contributed by atoms with Crippen molar-refractivity contribution in [1.82, 2.24) is 14.9 Å². The molecule has 10 nitrogen and oxygen atoms in total. The second kappa shape index (κ2) is 7.12. The van der Waals surface area contributed by atoms with Crippen molar-refractivity contribution in [3.05, 3.63) is 71.4 Å². The van der Waals surface area contributed by atoms with Gasteiger partial charge in [-0.05, 0) is 31.2 Å². The number of aromatic amines is 1. The van der Waals surface area contributed by atoms with Gasteiger partial charge < -0.3 is 4.98 Å². The Kier molecular flexibility index (Phi) is 4.63. The number of nitrogens with one attached hydrogen (secondary N) is 1. The highest BCUT2D eigenvalue weighted by Crippen LogP contribution is 2.32. The quantitative estimate of drug-likeness (QED) is 0.594. The van der Waals surface area contributed by atoms with Crippen LogP contribution in [-0.2, 0) is 25.9 Å². The van der Waals surface area contributed by atoms with Crippen molar-refractivity contribution in [1.29, 1.82) is 0 Å². The predicted molar refractivity (Wildman–Crippen MR) is 98.9 cm³/mol. The zero-order valence-electron chi connectivity index (χ0n) is 15.1. The van der Waals surface area contributed by atoms with Crippen molar-refractivity contribution in [2.24, 2.45) is 5.92 Å². The number of nitrogens with zero attached hydrogens (tertiary/aromatic N) is 4. The number of H-pyrrole nitrogens is 1. The number of nitro groups is 2. The lowest BCUT2D eigenvalue weighted by molar-refractivity contribution is -0.394. The molecule has 10 heteroatoms. The summed E-state index contributed by atoms with van der Waals surface area (Å²) in [7, 11) is 0. The predicted octanol–water partition coefficient (Wildman–Crippen LogP) is 2.10. The molecule has 1 aromatic heterocycles. The maximum Gasteiger partial charge on any atom is 0.280 e. The van der Waals surface area contributed by atoms with E-state index in [2.05, 4.69) is 9.97 Å². The fraction of sp³-hybridized carbons (Fsp3) is 0.444. The molecule has 0 amide bonds. The molecule has 1 aromatic carbocycles. The number of non-ortho nitro benzene ring substituents is 1. The Balaban J connectivity index is 1.56. The van der Waals surface area contributed by atoms with E-state index in [1.165, 1.54) is 12.1 Å². The summed E-state index contributed by atoms with van der Waals surface area (Å²) in [5.74, 6) is 1.30. The molecular weight excluding hydrogens is 366 g/mol. The van der Waals surface area contributed by atoms with E-state index >= 15 is 0 Å². The van der Waals surface area contributed by atoms with Crippen LogP contribution in [-0.4, -0.2) is 31.3 Å². The van der Waals surface area contributed by atoms with Gasteiger partial charge in [0.15, 0.2) is 0 Å². The molecule has 1 aliphatic heterocycles. The summed E-state index contributed by atoms with van der Waals surface area (Å²) in [6, 6.07) is 3.69. The van der Waals surface area contributed by atoms with E-state index in [1.54, 1.807) is 0 Å². The molecule has 0 atom stereocenters. The van der Waals surface area contributed by atoms with Crippen molar-refractivity contribution in [2.45, 2.75) is 38.8 Å². The fourth-order valence-corrected chi connectivity index (χ4v) is 3.58. The van der Waals surface area contributed by atoms with Gasteiger partial charge in [0.1, 0.15) is 5.82 Å². The lowest BCUT2D eigenvalue weighted by atomic mass is 10.0. The first-order chi connectivity index (χ1) is 13.4. The van der Waals surface area contributed by atoms with Crippen LogP contribution in [0.5, 0.6) is 0 Å². The number of hydrogen-bond acceptors (Lipinski definition) is 7. The van der Waals surface area contributed by atoms with Crippen molar-refractivity contribution < 1.29 is 9.85 Å². The maximum absolute atomic E-state index is 12.3. The summed E-state index contributed by atoms with van der Waals surface area (Å²) in [5.41, 5.74) is 1.12. The van der Waals surface area contributed by atoms with Gasteiger partial charge in [-0.3, -0.25) is 29.9 Å². The van der Waals surface area contributed by atoms with Gasteiger partial charge in [0.05, 0.1) is 21.6 Å². The molecule has 0 bridgehead atoms. The van der Waals surface area contributed by atoms with E-state index in [0.29, 0.717) is 42.4 Å². The van der Waals surface area contributed by atoms with E-state index in [9.17, 15) is 25.0 Å². The van der Waals surface area contributed by atoms with Gasteiger partial charge in [0.2, 0.25) is 0 Å². The van der Waals surface area contributed by atoms with Crippen LogP contribution in [0.25, 0.3) is 0 Å². The SMILES string of the molecule is O=c1[nH]c(CC2CC2)nc2c1CCN(Cc1ccc([N+](=O)[O-])cc1[N+](=O)[O-])C2. The normalized spacial score (nSPS) is 16.6. The number of hydrogen-bond donors (Lipinski definition) is 1. The molecule has 0 spiro atoms. The third kappa shape index (κ3) is 3.77. The van der Waals surface area contributed by atoms with Gasteiger partial charge in [-0.25, -0.2) is 4.98 Å². The Morgan fingerprint density at radius 1 is 1.21 bits per heavy atom. The molecule has 2 heterocycles. The number of aromatic nitrogens is 2. The number of benzene rings is 1. The highest BCUT2D eigenvalue weighted by Gasteiger charge is 2.27. The number of rotatable bonds is 6. The third-order valence-corrected chi connectivity index (χ3v) is 5.25. The molecule has 4 rings (SSSR count). The van der Waals surface area contributed by atoms with Gasteiger partial charge >= 0.3 is 0 Å². The van der Waals surface area contributed by atoms with Crippen LogP contribution >= 0.6 is 0 Å². The molecule has 0 saturated heterocycles. The van der Waals surface area contributed by atoms with E-state index in [4.69, 9.17) is 0 Å². The minimum absolute atomic E-state index is 0.0957. The molecule has 2 aliphatic rings. The first-order valence-electron chi connectivity index (χ1n) is 9.15. The second-order valence-electron chi connectivity index (χ2n) is 7.37. The van der Waals surface area contributed by atoms with Gasteiger partial charge in [-0.1, -0.05) is 0 Å². The highest BCUT2D eigenvalue weighted by molar-refractivity contribution is 5.49. The molecule has 28 heavy (non-hydrogen) atoms. The van der Waals surface area contributed by atoms with Crippen LogP contribution in [0.15, 0.2) is 23.0 Å². The minimum atomic E-state index is -0.647. The lowest BCUT2D eigenvalue weighted by Crippen LogP contribution is -2.35. The van der Waals surface area contributed by atoms with Crippen molar-refractivity contribution >= 4 is 11.4 Å². The van der Waals surface area contributed by atoms with Gasteiger partial charge in [-0.15, -0.1) is 0 Å². The summed E-state index contributed by atoms with van der Waals surface area (Å²) in [4.78, 5) is 42.8. The highest BCUT2D eigenvalue weighted by atomic mass is 16.6. The Morgan fingerprint density at radius 2 is 2.00 bits per heavy atom. The Hall–Kier alpha value is -3.14. The van der Waals surface area contributed by atoms with E-state index in [-0.39, 0.29) is 23.5 Å². The first-order valence-corrected chi connectivity index (χ1v) is 9.15. The van der Waals surface area contributed by atoms with E-state index < -0.39 is 9.85 Å². The monoisotopic (exact) mass is 385 g/mol. The molecule has 1 N–H and O–H groups in total. The zero-order valence-corrected chi connectivity index (χ0v) is 15.1. The Labute approximate surface area is 159 Å². The van der Waals surface area contributed by atoms with Crippen LogP contribution in [0, 0.1) is 26.1 Å². The molecule has 2 aromatic rings. The molecule has 0 unspecified atom stereocenters. The standard InChI is InChI=1S/C18H19N5O5/c24-18-14-5-6-21(10-15(14)19-17(20-18)7-11-1-2-11)9-12-3-4-13(22(25)26)8-16(12)23(27)28/h3-4,8,11H,1-2,5-7,9-10H2,(H,19,20,24). The zero-order chi connectivity index (χ0) is 19.8. The third-order valence-electron chi connectivity index (χ3n) is 5.25. The van der Waals surface area contributed by atoms with Crippen LogP contribution < -0.4 is 5.56 Å². The van der Waals surface area contributed by atoms with Gasteiger partial charge in [-0.2, -0.15) is 0 Å². The van der Waals surface area contributed by atoms with Crippen molar-refractivity contribution in [3.63, 3.8) is 0 Å². The summed E-state index contributed by atoms with van der Waals surface area (Å²) in [5, 5.41) is 22.2. The summed E-state index contributed by atoms with van der Waals surface area (Å²) in [6.45, 7) is 1.25. The van der Waals surface area contributed by atoms with Crippen molar-refractivity contribution in [3.8, 4) is 0 Å². The average molecular weight is 385 g/mol. The topological polar surface area (TPSA) is 135 Å². The fourth-order valence-electron chi connectivity index (χ4n) is 3.58. The van der Waals surface area contributed by atoms with Crippen LogP contribution in [0.4, 0.5) is 11.4 Å². The van der Waals surface area contributed by atoms with Crippen molar-refractivity contribution in [2.75, 3.05) is 6.54 Å². The largest absolute Gasteiger partial charge is 0.310 e. The maximum atomic E-state index is 12.3. The second-order valence-corrected chi connectivity index (χ2v) is 7.37. The molecule has 1 fully saturated rings. The van der Waals surface area contributed by atoms with E-state index in [0.717, 1.165) is 31.0 Å². The molecule has 0 radical (unpaired) electrons. The summed E-state index contributed by atoms with van der Waals surface area (Å²) in [6.07, 6.45) is 3.62. The molecule has 146 valence electrons. The van der Waals surface area contributed by atoms with Crippen LogP contribution in [0.1, 0.15) is 35.5 Å². The molecule has 1 saturated carbocycles. The van der Waals surface area contributed by atoms with Crippen LogP contribution in [0.2, 0.25) is 0 Å². The first kappa shape index (κ1) is 18.2. The molecule has 1 aliphatic carbocycles. The summed E-state index contributed by atoms with van der Waals surface area (Å²) < 4.78 is 0. The number of fused-ring (bicyclic) bond motifs is 1.